The Morgan fingerprint density at radius 2 is 2.20 bits per heavy atom. The topological polar surface area (TPSA) is 79.2 Å². The van der Waals surface area contributed by atoms with Crippen molar-refractivity contribution in [2.24, 2.45) is 0 Å². The molecule has 1 N–H and O–H groups in total. The number of carbonyl (C=O) groups is 1. The van der Waals surface area contributed by atoms with Crippen molar-refractivity contribution in [1.29, 1.82) is 0 Å². The number of nitrogens with zero attached hydrogens (tertiary/aromatic N) is 6. The molecule has 2 aromatic heterocycles. The normalized spacial score (nSPS) is 23.5. The zero-order valence-corrected chi connectivity index (χ0v) is 14.4. The van der Waals surface area contributed by atoms with Crippen LogP contribution in [0.4, 0.5) is 4.79 Å². The lowest BCUT2D eigenvalue weighted by molar-refractivity contribution is 0.188. The van der Waals surface area contributed by atoms with Crippen molar-refractivity contribution < 1.29 is 4.79 Å². The van der Waals surface area contributed by atoms with E-state index >= 15 is 0 Å². The molecule has 8 nitrogen and oxygen atoms in total. The van der Waals surface area contributed by atoms with Crippen LogP contribution in [-0.4, -0.2) is 67.8 Å². The quantitative estimate of drug-likeness (QED) is 0.902. The van der Waals surface area contributed by atoms with Crippen LogP contribution >= 0.6 is 0 Å². The van der Waals surface area contributed by atoms with E-state index in [1.807, 2.05) is 17.0 Å². The monoisotopic (exact) mass is 341 g/mol. The Bertz CT molecular complexity index is 732. The zero-order chi connectivity index (χ0) is 17.2. The molecule has 0 saturated carbocycles. The van der Waals surface area contributed by atoms with E-state index in [1.54, 1.807) is 17.2 Å². The van der Waals surface area contributed by atoms with Gasteiger partial charge in [0.1, 0.15) is 12.7 Å². The van der Waals surface area contributed by atoms with Gasteiger partial charge in [0.15, 0.2) is 5.82 Å². The molecule has 2 bridgehead atoms. The molecule has 2 unspecified atom stereocenters. The van der Waals surface area contributed by atoms with Gasteiger partial charge < -0.3 is 10.2 Å². The van der Waals surface area contributed by atoms with E-state index in [9.17, 15) is 4.79 Å². The molecular weight excluding hydrogens is 318 g/mol. The number of carbonyl (C=O) groups excluding carboxylic acids is 1. The van der Waals surface area contributed by atoms with Gasteiger partial charge in [-0.1, -0.05) is 6.07 Å². The molecule has 2 fully saturated rings. The summed E-state index contributed by atoms with van der Waals surface area (Å²) in [5.74, 6) is 0.690. The van der Waals surface area contributed by atoms with Crippen LogP contribution in [0, 0.1) is 0 Å². The van der Waals surface area contributed by atoms with Crippen molar-refractivity contribution in [3.05, 3.63) is 36.5 Å². The fourth-order valence-electron chi connectivity index (χ4n) is 3.87. The maximum Gasteiger partial charge on any atom is 0.317 e. The largest absolute Gasteiger partial charge is 0.334 e. The molecule has 2 saturated heterocycles. The molecule has 4 heterocycles. The van der Waals surface area contributed by atoms with Crippen molar-refractivity contribution in [1.82, 2.24) is 34.9 Å². The zero-order valence-electron chi connectivity index (χ0n) is 14.4. The van der Waals surface area contributed by atoms with Gasteiger partial charge in [-0.25, -0.2) is 19.4 Å². The van der Waals surface area contributed by atoms with Gasteiger partial charge in [-0.05, 0) is 32.4 Å². The van der Waals surface area contributed by atoms with Crippen molar-refractivity contribution in [2.45, 2.75) is 37.9 Å². The first-order chi connectivity index (χ1) is 12.2. The summed E-state index contributed by atoms with van der Waals surface area (Å²) in [6.45, 7) is 2.05. The first kappa shape index (κ1) is 16.0. The van der Waals surface area contributed by atoms with Crippen molar-refractivity contribution in [3.63, 3.8) is 0 Å². The lowest BCUT2D eigenvalue weighted by atomic mass is 10.1. The number of hydrogen-bond acceptors (Lipinski definition) is 5. The van der Waals surface area contributed by atoms with Gasteiger partial charge in [0, 0.05) is 43.5 Å². The minimum absolute atomic E-state index is 0.00524. The van der Waals surface area contributed by atoms with Crippen LogP contribution in [0.2, 0.25) is 0 Å². The summed E-state index contributed by atoms with van der Waals surface area (Å²) in [4.78, 5) is 25.4. The molecule has 0 spiro atoms. The van der Waals surface area contributed by atoms with Crippen LogP contribution in [0.25, 0.3) is 5.82 Å². The Labute approximate surface area is 146 Å². The molecule has 132 valence electrons. The highest BCUT2D eigenvalue weighted by Gasteiger charge is 2.35. The third kappa shape index (κ3) is 3.21. The summed E-state index contributed by atoms with van der Waals surface area (Å²) in [5, 5.41) is 7.17. The van der Waals surface area contributed by atoms with Crippen LogP contribution in [0.15, 0.2) is 31.0 Å². The summed E-state index contributed by atoms with van der Waals surface area (Å²) in [5.41, 5.74) is 0.912. The number of urea groups is 1. The lowest BCUT2D eigenvalue weighted by Crippen LogP contribution is -2.44. The summed E-state index contributed by atoms with van der Waals surface area (Å²) < 4.78 is 1.61. The molecule has 2 aromatic rings. The number of pyridine rings is 1. The van der Waals surface area contributed by atoms with Gasteiger partial charge in [0.05, 0.1) is 0 Å². The molecule has 25 heavy (non-hydrogen) atoms. The molecule has 4 rings (SSSR count). The SMILES string of the molecule is CN1C2CCC1CN(C(=O)NCc1cccnc1-n1cncn1)CC2. The Morgan fingerprint density at radius 3 is 3.04 bits per heavy atom. The summed E-state index contributed by atoms with van der Waals surface area (Å²) in [6.07, 6.45) is 8.29. The van der Waals surface area contributed by atoms with Crippen LogP contribution in [0.5, 0.6) is 0 Å². The summed E-state index contributed by atoms with van der Waals surface area (Å²) in [7, 11) is 2.18. The predicted molar refractivity (Wildman–Crippen MR) is 92.2 cm³/mol. The van der Waals surface area contributed by atoms with Gasteiger partial charge in [-0.15, -0.1) is 0 Å². The third-order valence-corrected chi connectivity index (χ3v) is 5.37. The first-order valence-corrected chi connectivity index (χ1v) is 8.76. The molecule has 2 aliphatic heterocycles. The van der Waals surface area contributed by atoms with E-state index < -0.39 is 0 Å². The Balaban J connectivity index is 1.41. The first-order valence-electron chi connectivity index (χ1n) is 8.76. The Hall–Kier alpha value is -2.48. The molecular formula is C17H23N7O. The number of nitrogens with one attached hydrogen (secondary N) is 1. The standard InChI is InChI=1S/C17H23N7O/c1-22-14-4-5-15(22)10-23(8-6-14)17(25)20-9-13-3-2-7-19-16(13)24-12-18-11-21-24/h2-3,7,11-12,14-15H,4-6,8-10H2,1H3,(H,20,25). The lowest BCUT2D eigenvalue weighted by Gasteiger charge is -2.26. The second kappa shape index (κ2) is 6.79. The Morgan fingerprint density at radius 1 is 1.32 bits per heavy atom. The maximum absolute atomic E-state index is 12.6. The molecule has 0 radical (unpaired) electrons. The van der Waals surface area contributed by atoms with Gasteiger partial charge in [0.25, 0.3) is 0 Å². The van der Waals surface area contributed by atoms with Crippen LogP contribution < -0.4 is 5.32 Å². The second-order valence-electron chi connectivity index (χ2n) is 6.77. The predicted octanol–water partition coefficient (Wildman–Crippen LogP) is 1.04. The van der Waals surface area contributed by atoms with Gasteiger partial charge in [0.2, 0.25) is 0 Å². The maximum atomic E-state index is 12.6. The number of hydrogen-bond donors (Lipinski definition) is 1. The van der Waals surface area contributed by atoms with Crippen LogP contribution in [-0.2, 0) is 6.54 Å². The van der Waals surface area contributed by atoms with Crippen LogP contribution in [0.3, 0.4) is 0 Å². The van der Waals surface area contributed by atoms with Crippen molar-refractivity contribution in [3.8, 4) is 5.82 Å². The van der Waals surface area contributed by atoms with Crippen molar-refractivity contribution in [2.75, 3.05) is 20.1 Å². The summed E-state index contributed by atoms with van der Waals surface area (Å²) >= 11 is 0. The highest BCUT2D eigenvalue weighted by molar-refractivity contribution is 5.74. The highest BCUT2D eigenvalue weighted by Crippen LogP contribution is 2.28. The number of fused-ring (bicyclic) bond motifs is 2. The molecule has 0 aromatic carbocycles. The minimum Gasteiger partial charge on any atom is -0.334 e. The number of likely N-dealkylation sites (tertiary alicyclic amines) is 1. The fraction of sp³-hybridized carbons (Fsp3) is 0.529. The molecule has 8 heteroatoms. The van der Waals surface area contributed by atoms with E-state index in [0.717, 1.165) is 25.1 Å². The van der Waals surface area contributed by atoms with Crippen LogP contribution in [0.1, 0.15) is 24.8 Å². The average Bonchev–Trinajstić information content (AvgIpc) is 3.22. The van der Waals surface area contributed by atoms with Gasteiger partial charge >= 0.3 is 6.03 Å². The van der Waals surface area contributed by atoms with E-state index in [1.165, 1.54) is 19.2 Å². The number of aromatic nitrogens is 4. The summed E-state index contributed by atoms with van der Waals surface area (Å²) in [6, 6.07) is 4.92. The van der Waals surface area contributed by atoms with Crippen molar-refractivity contribution >= 4 is 6.03 Å². The Kier molecular flexibility index (Phi) is 4.35. The highest BCUT2D eigenvalue weighted by atomic mass is 16.2. The number of likely N-dealkylation sites (N-methyl/N-ethyl adjacent to an activating group) is 1. The second-order valence-corrected chi connectivity index (χ2v) is 6.77. The van der Waals surface area contributed by atoms with E-state index in [-0.39, 0.29) is 6.03 Å². The number of amides is 2. The van der Waals surface area contributed by atoms with E-state index in [0.29, 0.717) is 24.4 Å². The fourth-order valence-corrected chi connectivity index (χ4v) is 3.87. The number of rotatable bonds is 3. The molecule has 2 atom stereocenters. The van der Waals surface area contributed by atoms with E-state index in [2.05, 4.69) is 32.3 Å². The minimum atomic E-state index is -0.00524. The molecule has 2 aliphatic rings. The smallest absolute Gasteiger partial charge is 0.317 e. The van der Waals surface area contributed by atoms with Gasteiger partial charge in [-0.3, -0.25) is 4.90 Å². The molecule has 2 amide bonds. The third-order valence-electron chi connectivity index (χ3n) is 5.37. The van der Waals surface area contributed by atoms with E-state index in [4.69, 9.17) is 0 Å². The molecule has 0 aliphatic carbocycles. The average molecular weight is 341 g/mol. The van der Waals surface area contributed by atoms with Gasteiger partial charge in [-0.2, -0.15) is 5.10 Å².